The Hall–Kier alpha value is -2.82. The van der Waals surface area contributed by atoms with Gasteiger partial charge in [-0.3, -0.25) is 0 Å². The Morgan fingerprint density at radius 2 is 1.93 bits per heavy atom. The van der Waals surface area contributed by atoms with Gasteiger partial charge in [0.1, 0.15) is 11.9 Å². The standard InChI is InChI=1S/C17H14F5N5O/c1-8-6-13(27-16(23-8)25-15(26-27)17(20,21)22)24-12-4-5-28-14(12)9-2-3-10(18)11(19)7-9/h2-3,6-7,12,14,24H,4-5H2,1H3. The van der Waals surface area contributed by atoms with Crippen molar-refractivity contribution in [1.29, 1.82) is 0 Å². The molecule has 1 fully saturated rings. The average Bonchev–Trinajstić information content (AvgIpc) is 3.24. The average molecular weight is 399 g/mol. The van der Waals surface area contributed by atoms with Crippen molar-refractivity contribution >= 4 is 11.6 Å². The molecule has 0 radical (unpaired) electrons. The second-order valence-corrected chi connectivity index (χ2v) is 6.43. The van der Waals surface area contributed by atoms with E-state index in [1.165, 1.54) is 12.1 Å². The highest BCUT2D eigenvalue weighted by Gasteiger charge is 2.37. The molecule has 1 aromatic carbocycles. The van der Waals surface area contributed by atoms with E-state index in [4.69, 9.17) is 4.74 Å². The summed E-state index contributed by atoms with van der Waals surface area (Å²) in [6.07, 6.45) is -4.80. The summed E-state index contributed by atoms with van der Waals surface area (Å²) in [5, 5.41) is 6.58. The first kappa shape index (κ1) is 18.5. The minimum atomic E-state index is -4.70. The van der Waals surface area contributed by atoms with E-state index >= 15 is 0 Å². The van der Waals surface area contributed by atoms with Crippen molar-refractivity contribution in [3.63, 3.8) is 0 Å². The molecule has 11 heteroatoms. The summed E-state index contributed by atoms with van der Waals surface area (Å²) in [5.74, 6) is -3.22. The zero-order valence-electron chi connectivity index (χ0n) is 14.5. The van der Waals surface area contributed by atoms with Crippen LogP contribution >= 0.6 is 0 Å². The molecule has 6 nitrogen and oxygen atoms in total. The van der Waals surface area contributed by atoms with E-state index in [2.05, 4.69) is 20.4 Å². The summed E-state index contributed by atoms with van der Waals surface area (Å²) in [6.45, 7) is 1.96. The first-order valence-electron chi connectivity index (χ1n) is 8.37. The van der Waals surface area contributed by atoms with Gasteiger partial charge in [-0.1, -0.05) is 6.07 Å². The van der Waals surface area contributed by atoms with Crippen molar-refractivity contribution in [1.82, 2.24) is 19.6 Å². The molecule has 4 rings (SSSR count). The number of rotatable bonds is 3. The molecule has 3 aromatic rings. The maximum atomic E-state index is 13.6. The number of halogens is 5. The van der Waals surface area contributed by atoms with Crippen LogP contribution in [0.1, 0.15) is 29.6 Å². The smallest absolute Gasteiger partial charge is 0.371 e. The summed E-state index contributed by atoms with van der Waals surface area (Å²) in [4.78, 5) is 7.40. The Labute approximate surface area is 155 Å². The predicted molar refractivity (Wildman–Crippen MR) is 87.6 cm³/mol. The largest absolute Gasteiger partial charge is 0.453 e. The zero-order valence-corrected chi connectivity index (χ0v) is 14.5. The monoisotopic (exact) mass is 399 g/mol. The fourth-order valence-corrected chi connectivity index (χ4v) is 3.15. The van der Waals surface area contributed by atoms with Gasteiger partial charge in [0.25, 0.3) is 11.6 Å². The van der Waals surface area contributed by atoms with Crippen LogP contribution in [0, 0.1) is 18.6 Å². The molecule has 1 N–H and O–H groups in total. The van der Waals surface area contributed by atoms with Gasteiger partial charge >= 0.3 is 6.18 Å². The fraction of sp³-hybridized carbons (Fsp3) is 0.353. The third-order valence-corrected chi connectivity index (χ3v) is 4.39. The van der Waals surface area contributed by atoms with Gasteiger partial charge < -0.3 is 10.1 Å². The van der Waals surface area contributed by atoms with E-state index in [1.807, 2.05) is 0 Å². The number of hydrogen-bond acceptors (Lipinski definition) is 5. The molecule has 1 aliphatic rings. The molecule has 3 heterocycles. The molecular weight excluding hydrogens is 385 g/mol. The number of aromatic nitrogens is 4. The molecule has 0 bridgehead atoms. The van der Waals surface area contributed by atoms with Crippen LogP contribution in [0.15, 0.2) is 24.3 Å². The van der Waals surface area contributed by atoms with Crippen molar-refractivity contribution < 1.29 is 26.7 Å². The third kappa shape index (κ3) is 3.37. The maximum Gasteiger partial charge on any atom is 0.453 e. The number of benzene rings is 1. The SMILES string of the molecule is Cc1cc(NC2CCOC2c2ccc(F)c(F)c2)n2nc(C(F)(F)F)nc2n1. The predicted octanol–water partition coefficient (Wildman–Crippen LogP) is 3.67. The molecule has 1 aliphatic heterocycles. The molecule has 148 valence electrons. The van der Waals surface area contributed by atoms with Crippen LogP contribution in [-0.4, -0.2) is 32.2 Å². The highest BCUT2D eigenvalue weighted by Crippen LogP contribution is 2.33. The summed E-state index contributed by atoms with van der Waals surface area (Å²) in [6, 6.07) is 4.60. The van der Waals surface area contributed by atoms with Crippen LogP contribution in [0.3, 0.4) is 0 Å². The minimum absolute atomic E-state index is 0.196. The van der Waals surface area contributed by atoms with Crippen LogP contribution in [0.25, 0.3) is 5.78 Å². The van der Waals surface area contributed by atoms with Gasteiger partial charge in [-0.05, 0) is 31.0 Å². The van der Waals surface area contributed by atoms with E-state index in [-0.39, 0.29) is 11.6 Å². The number of aryl methyl sites for hydroxylation is 1. The normalized spacial score (nSPS) is 20.1. The lowest BCUT2D eigenvalue weighted by Gasteiger charge is -2.21. The minimum Gasteiger partial charge on any atom is -0.371 e. The number of alkyl halides is 3. The number of ether oxygens (including phenoxy) is 1. The van der Waals surface area contributed by atoms with Crippen LogP contribution in [0.2, 0.25) is 0 Å². The molecule has 2 atom stereocenters. The van der Waals surface area contributed by atoms with Gasteiger partial charge in [0.2, 0.25) is 0 Å². The zero-order chi connectivity index (χ0) is 20.1. The van der Waals surface area contributed by atoms with E-state index in [0.717, 1.165) is 16.6 Å². The van der Waals surface area contributed by atoms with Gasteiger partial charge in [-0.25, -0.2) is 13.8 Å². The topological polar surface area (TPSA) is 64.3 Å². The lowest BCUT2D eigenvalue weighted by molar-refractivity contribution is -0.144. The molecule has 2 aromatic heterocycles. The van der Waals surface area contributed by atoms with Gasteiger partial charge in [0, 0.05) is 18.4 Å². The number of hydrogen-bond donors (Lipinski definition) is 1. The number of nitrogens with zero attached hydrogens (tertiary/aromatic N) is 4. The van der Waals surface area contributed by atoms with Crippen molar-refractivity contribution in [2.45, 2.75) is 31.7 Å². The summed E-state index contributed by atoms with van der Waals surface area (Å²) in [5.41, 5.74) is 0.866. The molecule has 0 amide bonds. The Morgan fingerprint density at radius 3 is 2.64 bits per heavy atom. The van der Waals surface area contributed by atoms with E-state index < -0.39 is 35.8 Å². The maximum absolute atomic E-state index is 13.6. The van der Waals surface area contributed by atoms with Crippen molar-refractivity contribution in [2.24, 2.45) is 0 Å². The second kappa shape index (κ2) is 6.66. The molecule has 0 aliphatic carbocycles. The number of anilines is 1. The van der Waals surface area contributed by atoms with E-state index in [1.54, 1.807) is 6.92 Å². The molecule has 0 saturated carbocycles. The van der Waals surface area contributed by atoms with Crippen LogP contribution < -0.4 is 5.32 Å². The molecular formula is C17H14F5N5O. The summed E-state index contributed by atoms with van der Waals surface area (Å²) < 4.78 is 72.2. The van der Waals surface area contributed by atoms with E-state index in [9.17, 15) is 22.0 Å². The third-order valence-electron chi connectivity index (χ3n) is 4.39. The summed E-state index contributed by atoms with van der Waals surface area (Å²) in [7, 11) is 0. The Balaban J connectivity index is 1.68. The highest BCUT2D eigenvalue weighted by molar-refractivity contribution is 5.47. The lowest BCUT2D eigenvalue weighted by Crippen LogP contribution is -2.25. The van der Waals surface area contributed by atoms with E-state index in [0.29, 0.717) is 24.3 Å². The van der Waals surface area contributed by atoms with Gasteiger partial charge in [-0.2, -0.15) is 22.7 Å². The Bertz CT molecular complexity index is 1030. The number of nitrogens with one attached hydrogen (secondary N) is 1. The van der Waals surface area contributed by atoms with Crippen molar-refractivity contribution in [2.75, 3.05) is 11.9 Å². The van der Waals surface area contributed by atoms with Gasteiger partial charge in [-0.15, -0.1) is 5.10 Å². The van der Waals surface area contributed by atoms with Crippen molar-refractivity contribution in [3.8, 4) is 0 Å². The van der Waals surface area contributed by atoms with Gasteiger partial charge in [0.05, 0.1) is 6.04 Å². The van der Waals surface area contributed by atoms with Crippen molar-refractivity contribution in [3.05, 3.63) is 53.0 Å². The lowest BCUT2D eigenvalue weighted by atomic mass is 10.0. The summed E-state index contributed by atoms with van der Waals surface area (Å²) >= 11 is 0. The Morgan fingerprint density at radius 1 is 1.14 bits per heavy atom. The van der Waals surface area contributed by atoms with Crippen LogP contribution in [0.5, 0.6) is 0 Å². The first-order valence-corrected chi connectivity index (χ1v) is 8.37. The fourth-order valence-electron chi connectivity index (χ4n) is 3.15. The highest BCUT2D eigenvalue weighted by atomic mass is 19.4. The van der Waals surface area contributed by atoms with Crippen LogP contribution in [0.4, 0.5) is 27.8 Å². The second-order valence-electron chi connectivity index (χ2n) is 6.43. The quantitative estimate of drug-likeness (QED) is 0.681. The first-order chi connectivity index (χ1) is 13.2. The molecule has 0 spiro atoms. The van der Waals surface area contributed by atoms with Crippen LogP contribution in [-0.2, 0) is 10.9 Å². The van der Waals surface area contributed by atoms with Gasteiger partial charge in [0.15, 0.2) is 11.6 Å². The molecule has 2 unspecified atom stereocenters. The molecule has 28 heavy (non-hydrogen) atoms. The number of fused-ring (bicyclic) bond motifs is 1. The Kier molecular flexibility index (Phi) is 4.41. The molecule has 1 saturated heterocycles.